The van der Waals surface area contributed by atoms with Crippen LogP contribution in [0.15, 0.2) is 6.33 Å². The topological polar surface area (TPSA) is 42.7 Å². The van der Waals surface area contributed by atoms with Gasteiger partial charge in [0, 0.05) is 19.0 Å². The van der Waals surface area contributed by atoms with E-state index in [-0.39, 0.29) is 0 Å². The number of nitrogens with zero attached hydrogens (tertiary/aromatic N) is 3. The average molecular weight is 264 g/mol. The number of aromatic nitrogens is 3. The van der Waals surface area contributed by atoms with Gasteiger partial charge in [0.2, 0.25) is 0 Å². The molecule has 0 aliphatic heterocycles. The zero-order chi connectivity index (χ0) is 13.7. The van der Waals surface area contributed by atoms with Gasteiger partial charge in [-0.3, -0.25) is 0 Å². The summed E-state index contributed by atoms with van der Waals surface area (Å²) in [4.78, 5) is 4.46. The molecule has 0 radical (unpaired) electrons. The first-order chi connectivity index (χ1) is 9.19. The fraction of sp³-hybridized carbons (Fsp3) is 0.867. The summed E-state index contributed by atoms with van der Waals surface area (Å²) < 4.78 is 2.09. The molecular weight excluding hydrogens is 236 g/mol. The highest BCUT2D eigenvalue weighted by Gasteiger charge is 2.22. The van der Waals surface area contributed by atoms with Gasteiger partial charge in [-0.15, -0.1) is 0 Å². The van der Waals surface area contributed by atoms with E-state index in [2.05, 4.69) is 40.9 Å². The molecule has 1 heterocycles. The summed E-state index contributed by atoms with van der Waals surface area (Å²) in [6.07, 6.45) is 8.00. The van der Waals surface area contributed by atoms with Crippen molar-refractivity contribution >= 4 is 0 Å². The molecule has 0 spiro atoms. The average Bonchev–Trinajstić information content (AvgIpc) is 3.09. The van der Waals surface area contributed by atoms with Gasteiger partial charge < -0.3 is 5.32 Å². The molecule has 4 heteroatoms. The molecule has 0 aromatic carbocycles. The van der Waals surface area contributed by atoms with Crippen LogP contribution in [0, 0.1) is 11.8 Å². The minimum absolute atomic E-state index is 0.620. The molecule has 1 saturated carbocycles. The number of nitrogens with one attached hydrogen (secondary N) is 1. The summed E-state index contributed by atoms with van der Waals surface area (Å²) in [6.45, 7) is 8.83. The van der Waals surface area contributed by atoms with Crippen LogP contribution in [0.2, 0.25) is 0 Å². The van der Waals surface area contributed by atoms with Gasteiger partial charge >= 0.3 is 0 Å². The lowest BCUT2D eigenvalue weighted by Crippen LogP contribution is -2.27. The Labute approximate surface area is 117 Å². The van der Waals surface area contributed by atoms with Gasteiger partial charge in [-0.25, -0.2) is 9.67 Å². The van der Waals surface area contributed by atoms with E-state index >= 15 is 0 Å². The summed E-state index contributed by atoms with van der Waals surface area (Å²) in [5.74, 6) is 2.47. The van der Waals surface area contributed by atoms with Crippen LogP contribution in [0.4, 0.5) is 0 Å². The third-order valence-corrected chi connectivity index (χ3v) is 3.67. The lowest BCUT2D eigenvalue weighted by Gasteiger charge is -2.17. The van der Waals surface area contributed by atoms with Gasteiger partial charge in [-0.1, -0.05) is 27.2 Å². The van der Waals surface area contributed by atoms with Crippen molar-refractivity contribution in [3.05, 3.63) is 12.2 Å². The zero-order valence-corrected chi connectivity index (χ0v) is 12.6. The van der Waals surface area contributed by atoms with Crippen molar-refractivity contribution < 1.29 is 0 Å². The molecule has 1 aliphatic carbocycles. The zero-order valence-electron chi connectivity index (χ0n) is 12.6. The molecule has 1 aliphatic rings. The van der Waals surface area contributed by atoms with Gasteiger partial charge in [0.1, 0.15) is 12.2 Å². The Morgan fingerprint density at radius 1 is 1.42 bits per heavy atom. The predicted molar refractivity (Wildman–Crippen MR) is 78.0 cm³/mol. The van der Waals surface area contributed by atoms with Crippen molar-refractivity contribution in [3.8, 4) is 0 Å². The Morgan fingerprint density at radius 3 is 2.84 bits per heavy atom. The minimum Gasteiger partial charge on any atom is -0.314 e. The maximum Gasteiger partial charge on any atom is 0.138 e. The Bertz CT molecular complexity index is 368. The summed E-state index contributed by atoms with van der Waals surface area (Å²) in [7, 11) is 0. The molecule has 4 nitrogen and oxygen atoms in total. The van der Waals surface area contributed by atoms with Gasteiger partial charge in [0.25, 0.3) is 0 Å². The lowest BCUT2D eigenvalue weighted by molar-refractivity contribution is 0.403. The molecular formula is C15H28N4. The Balaban J connectivity index is 1.88. The fourth-order valence-corrected chi connectivity index (χ4v) is 2.51. The first-order valence-corrected chi connectivity index (χ1v) is 7.79. The van der Waals surface area contributed by atoms with Crippen LogP contribution in [0.5, 0.6) is 0 Å². The van der Waals surface area contributed by atoms with Crippen LogP contribution in [-0.2, 0) is 13.0 Å². The van der Waals surface area contributed by atoms with E-state index in [4.69, 9.17) is 0 Å². The molecule has 0 bridgehead atoms. The molecule has 1 N–H and O–H groups in total. The van der Waals surface area contributed by atoms with Gasteiger partial charge in [0.15, 0.2) is 0 Å². The second-order valence-corrected chi connectivity index (χ2v) is 6.29. The van der Waals surface area contributed by atoms with Gasteiger partial charge in [-0.2, -0.15) is 5.10 Å². The third-order valence-electron chi connectivity index (χ3n) is 3.67. The van der Waals surface area contributed by atoms with E-state index in [1.807, 2.05) is 0 Å². The molecule has 1 unspecified atom stereocenters. The first kappa shape index (κ1) is 14.5. The largest absolute Gasteiger partial charge is 0.314 e. The number of hydrogen-bond acceptors (Lipinski definition) is 3. The third kappa shape index (κ3) is 4.94. The van der Waals surface area contributed by atoms with Crippen LogP contribution in [0.3, 0.4) is 0 Å². The second-order valence-electron chi connectivity index (χ2n) is 6.29. The Morgan fingerprint density at radius 2 is 2.21 bits per heavy atom. The lowest BCUT2D eigenvalue weighted by atomic mass is 9.99. The minimum atomic E-state index is 0.620. The normalized spacial score (nSPS) is 17.1. The molecule has 2 rings (SSSR count). The molecule has 0 saturated heterocycles. The van der Waals surface area contributed by atoms with Gasteiger partial charge in [-0.05, 0) is 37.6 Å². The van der Waals surface area contributed by atoms with Gasteiger partial charge in [0.05, 0.1) is 0 Å². The molecule has 1 aromatic heterocycles. The molecule has 1 aromatic rings. The van der Waals surface area contributed by atoms with Crippen LogP contribution in [0.1, 0.15) is 52.3 Å². The molecule has 1 fully saturated rings. The first-order valence-electron chi connectivity index (χ1n) is 7.79. The molecule has 0 amide bonds. The Kier molecular flexibility index (Phi) is 5.37. The van der Waals surface area contributed by atoms with Crippen molar-refractivity contribution in [2.75, 3.05) is 6.54 Å². The van der Waals surface area contributed by atoms with Crippen LogP contribution >= 0.6 is 0 Å². The van der Waals surface area contributed by atoms with E-state index in [9.17, 15) is 0 Å². The van der Waals surface area contributed by atoms with E-state index in [0.29, 0.717) is 11.8 Å². The summed E-state index contributed by atoms with van der Waals surface area (Å²) in [5.41, 5.74) is 0. The highest BCUT2D eigenvalue weighted by Crippen LogP contribution is 2.20. The van der Waals surface area contributed by atoms with E-state index in [0.717, 1.165) is 31.4 Å². The van der Waals surface area contributed by atoms with Crippen molar-refractivity contribution in [1.29, 1.82) is 0 Å². The monoisotopic (exact) mass is 264 g/mol. The summed E-state index contributed by atoms with van der Waals surface area (Å²) in [5, 5.41) is 8.02. The number of hydrogen-bond donors (Lipinski definition) is 1. The maximum atomic E-state index is 4.46. The predicted octanol–water partition coefficient (Wildman–Crippen LogP) is 2.64. The van der Waals surface area contributed by atoms with Crippen LogP contribution in [0.25, 0.3) is 0 Å². The van der Waals surface area contributed by atoms with Crippen molar-refractivity contribution in [1.82, 2.24) is 20.1 Å². The fourth-order valence-electron chi connectivity index (χ4n) is 2.51. The quantitative estimate of drug-likeness (QED) is 0.745. The molecule has 108 valence electrons. The maximum absolute atomic E-state index is 4.46. The highest BCUT2D eigenvalue weighted by atomic mass is 15.3. The SMILES string of the molecule is CCCC(CNC1CC1)Cc1ncnn1CC(C)C. The van der Waals surface area contributed by atoms with Crippen molar-refractivity contribution in [3.63, 3.8) is 0 Å². The molecule has 1 atom stereocenters. The smallest absolute Gasteiger partial charge is 0.138 e. The molecule has 19 heavy (non-hydrogen) atoms. The van der Waals surface area contributed by atoms with Crippen LogP contribution < -0.4 is 5.32 Å². The van der Waals surface area contributed by atoms with E-state index in [1.54, 1.807) is 6.33 Å². The summed E-state index contributed by atoms with van der Waals surface area (Å²) >= 11 is 0. The highest BCUT2D eigenvalue weighted by molar-refractivity contribution is 4.90. The van der Waals surface area contributed by atoms with Crippen molar-refractivity contribution in [2.24, 2.45) is 11.8 Å². The van der Waals surface area contributed by atoms with Crippen LogP contribution in [-0.4, -0.2) is 27.4 Å². The number of rotatable bonds is 9. The second kappa shape index (κ2) is 7.04. The van der Waals surface area contributed by atoms with E-state index < -0.39 is 0 Å². The Hall–Kier alpha value is -0.900. The summed E-state index contributed by atoms with van der Waals surface area (Å²) in [6, 6.07) is 0.799. The standard InChI is InChI=1S/C15H28N4/c1-4-5-13(9-16-14-6-7-14)8-15-17-11-18-19(15)10-12(2)3/h11-14,16H,4-10H2,1-3H3. The van der Waals surface area contributed by atoms with Crippen molar-refractivity contribution in [2.45, 2.75) is 65.5 Å². The van der Waals surface area contributed by atoms with E-state index in [1.165, 1.54) is 25.7 Å².